The molecule has 0 aromatic heterocycles. The van der Waals surface area contributed by atoms with Gasteiger partial charge in [0.25, 0.3) is 5.91 Å². The Balaban J connectivity index is 2.04. The third-order valence-corrected chi connectivity index (χ3v) is 4.32. The van der Waals surface area contributed by atoms with E-state index < -0.39 is 5.82 Å². The largest absolute Gasteiger partial charge is 0.381 e. The summed E-state index contributed by atoms with van der Waals surface area (Å²) in [6.45, 7) is 4.12. The van der Waals surface area contributed by atoms with E-state index in [4.69, 9.17) is 4.74 Å². The van der Waals surface area contributed by atoms with Crippen molar-refractivity contribution in [3.05, 3.63) is 29.6 Å². The third kappa shape index (κ3) is 2.62. The number of amides is 1. The molecule has 1 aromatic carbocycles. The SMILES string of the molecule is COC1CC(NC(=O)c2ccc(F)c(S)c2)C1(C)C. The molecule has 0 saturated heterocycles. The van der Waals surface area contributed by atoms with Gasteiger partial charge in [0.15, 0.2) is 0 Å². The Hall–Kier alpha value is -1.07. The number of rotatable bonds is 3. The van der Waals surface area contributed by atoms with Gasteiger partial charge in [-0.25, -0.2) is 4.39 Å². The topological polar surface area (TPSA) is 38.3 Å². The summed E-state index contributed by atoms with van der Waals surface area (Å²) in [7, 11) is 1.68. The van der Waals surface area contributed by atoms with Gasteiger partial charge in [-0.05, 0) is 24.6 Å². The summed E-state index contributed by atoms with van der Waals surface area (Å²) in [5, 5.41) is 2.96. The lowest BCUT2D eigenvalue weighted by Crippen LogP contribution is -2.61. The molecule has 1 fully saturated rings. The Kier molecular flexibility index (Phi) is 3.87. The molecule has 1 saturated carbocycles. The van der Waals surface area contributed by atoms with Gasteiger partial charge in [0.1, 0.15) is 5.82 Å². The van der Waals surface area contributed by atoms with Gasteiger partial charge in [-0.3, -0.25) is 4.79 Å². The van der Waals surface area contributed by atoms with Crippen LogP contribution in [0.5, 0.6) is 0 Å². The molecule has 2 atom stereocenters. The second kappa shape index (κ2) is 5.13. The van der Waals surface area contributed by atoms with E-state index in [9.17, 15) is 9.18 Å². The van der Waals surface area contributed by atoms with Gasteiger partial charge in [-0.15, -0.1) is 12.6 Å². The molecule has 2 rings (SSSR count). The quantitative estimate of drug-likeness (QED) is 0.837. The zero-order valence-electron chi connectivity index (χ0n) is 11.2. The molecule has 0 bridgehead atoms. The van der Waals surface area contributed by atoms with E-state index in [0.717, 1.165) is 6.42 Å². The van der Waals surface area contributed by atoms with Gasteiger partial charge in [0.2, 0.25) is 0 Å². The summed E-state index contributed by atoms with van der Waals surface area (Å²) in [6, 6.07) is 4.22. The Morgan fingerprint density at radius 2 is 2.21 bits per heavy atom. The number of hydrogen-bond donors (Lipinski definition) is 2. The van der Waals surface area contributed by atoms with Gasteiger partial charge in [-0.1, -0.05) is 13.8 Å². The molecule has 19 heavy (non-hydrogen) atoms. The first kappa shape index (κ1) is 14.3. The summed E-state index contributed by atoms with van der Waals surface area (Å²) in [4.78, 5) is 12.3. The van der Waals surface area contributed by atoms with E-state index in [1.165, 1.54) is 18.2 Å². The number of nitrogens with one attached hydrogen (secondary N) is 1. The number of halogens is 1. The summed E-state index contributed by atoms with van der Waals surface area (Å²) in [6.07, 6.45) is 0.955. The van der Waals surface area contributed by atoms with Gasteiger partial charge in [-0.2, -0.15) is 0 Å². The first-order valence-corrected chi connectivity index (χ1v) is 6.63. The van der Waals surface area contributed by atoms with E-state index in [1.807, 2.05) is 0 Å². The molecule has 0 aliphatic heterocycles. The molecular weight excluding hydrogens is 265 g/mol. The van der Waals surface area contributed by atoms with E-state index in [1.54, 1.807) is 7.11 Å². The van der Waals surface area contributed by atoms with Gasteiger partial charge in [0, 0.05) is 29.0 Å². The Bertz CT molecular complexity index is 504. The van der Waals surface area contributed by atoms with Crippen molar-refractivity contribution in [2.75, 3.05) is 7.11 Å². The molecular formula is C14H18FNO2S. The third-order valence-electron chi connectivity index (χ3n) is 3.98. The lowest BCUT2D eigenvalue weighted by atomic mass is 9.64. The van der Waals surface area contributed by atoms with Gasteiger partial charge in [0.05, 0.1) is 6.10 Å². The fourth-order valence-electron chi connectivity index (χ4n) is 2.43. The van der Waals surface area contributed by atoms with Gasteiger partial charge < -0.3 is 10.1 Å². The Labute approximate surface area is 117 Å². The molecule has 0 spiro atoms. The highest BCUT2D eigenvalue weighted by Crippen LogP contribution is 2.42. The van der Waals surface area contributed by atoms with Crippen LogP contribution in [0, 0.1) is 11.2 Å². The fourth-order valence-corrected chi connectivity index (χ4v) is 2.64. The van der Waals surface area contributed by atoms with E-state index in [2.05, 4.69) is 31.8 Å². The molecule has 0 heterocycles. The maximum absolute atomic E-state index is 13.1. The van der Waals surface area contributed by atoms with Crippen LogP contribution in [-0.4, -0.2) is 25.2 Å². The molecule has 0 radical (unpaired) electrons. The molecule has 3 nitrogen and oxygen atoms in total. The molecule has 1 amide bonds. The Morgan fingerprint density at radius 1 is 1.53 bits per heavy atom. The van der Waals surface area contributed by atoms with Crippen molar-refractivity contribution in [3.8, 4) is 0 Å². The number of methoxy groups -OCH3 is 1. The van der Waals surface area contributed by atoms with Gasteiger partial charge >= 0.3 is 0 Å². The van der Waals surface area contributed by atoms with Crippen LogP contribution < -0.4 is 5.32 Å². The van der Waals surface area contributed by atoms with E-state index in [-0.39, 0.29) is 28.4 Å². The predicted octanol–water partition coefficient (Wildman–Crippen LogP) is 2.66. The minimum Gasteiger partial charge on any atom is -0.381 e. The molecule has 1 aromatic rings. The summed E-state index contributed by atoms with van der Waals surface area (Å²) in [5.74, 6) is -0.633. The Morgan fingerprint density at radius 3 is 2.74 bits per heavy atom. The maximum atomic E-state index is 13.1. The lowest BCUT2D eigenvalue weighted by molar-refractivity contribution is -0.0942. The van der Waals surface area contributed by atoms with E-state index >= 15 is 0 Å². The maximum Gasteiger partial charge on any atom is 0.251 e. The van der Waals surface area contributed by atoms with Crippen LogP contribution >= 0.6 is 12.6 Å². The van der Waals surface area contributed by atoms with Crippen molar-refractivity contribution in [1.82, 2.24) is 5.32 Å². The normalized spacial score (nSPS) is 24.7. The fraction of sp³-hybridized carbons (Fsp3) is 0.500. The highest BCUT2D eigenvalue weighted by molar-refractivity contribution is 7.80. The molecule has 2 unspecified atom stereocenters. The van der Waals surface area contributed by atoms with Crippen molar-refractivity contribution < 1.29 is 13.9 Å². The smallest absolute Gasteiger partial charge is 0.251 e. The van der Waals surface area contributed by atoms with Crippen molar-refractivity contribution in [2.24, 2.45) is 5.41 Å². The van der Waals surface area contributed by atoms with Crippen LogP contribution in [0.3, 0.4) is 0 Å². The van der Waals surface area contributed by atoms with Crippen LogP contribution in [0.1, 0.15) is 30.6 Å². The number of hydrogen-bond acceptors (Lipinski definition) is 3. The summed E-state index contributed by atoms with van der Waals surface area (Å²) >= 11 is 3.98. The van der Waals surface area contributed by atoms with Crippen molar-refractivity contribution in [3.63, 3.8) is 0 Å². The molecule has 1 aliphatic carbocycles. The van der Waals surface area contributed by atoms with Crippen molar-refractivity contribution in [1.29, 1.82) is 0 Å². The molecule has 1 N–H and O–H groups in total. The number of thiol groups is 1. The summed E-state index contributed by atoms with van der Waals surface area (Å²) < 4.78 is 18.4. The van der Waals surface area contributed by atoms with Crippen LogP contribution in [0.4, 0.5) is 4.39 Å². The van der Waals surface area contributed by atoms with Crippen LogP contribution in [0.2, 0.25) is 0 Å². The van der Waals surface area contributed by atoms with E-state index in [0.29, 0.717) is 5.56 Å². The minimum atomic E-state index is -0.427. The number of benzene rings is 1. The van der Waals surface area contributed by atoms with Crippen LogP contribution in [-0.2, 0) is 4.74 Å². The summed E-state index contributed by atoms with van der Waals surface area (Å²) in [5.41, 5.74) is 0.330. The average molecular weight is 283 g/mol. The molecule has 104 valence electrons. The van der Waals surface area contributed by atoms with Crippen LogP contribution in [0.25, 0.3) is 0 Å². The molecule has 1 aliphatic rings. The first-order valence-electron chi connectivity index (χ1n) is 6.18. The number of ether oxygens (including phenoxy) is 1. The zero-order chi connectivity index (χ0) is 14.2. The van der Waals surface area contributed by atoms with Crippen LogP contribution in [0.15, 0.2) is 23.1 Å². The standard InChI is InChI=1S/C14H18FNO2S/c1-14(2)11(7-12(14)18-3)16-13(17)8-4-5-9(15)10(19)6-8/h4-6,11-12,19H,7H2,1-3H3,(H,16,17). The second-order valence-corrected chi connectivity index (χ2v) is 5.96. The monoisotopic (exact) mass is 283 g/mol. The average Bonchev–Trinajstić information content (AvgIpc) is 2.36. The lowest BCUT2D eigenvalue weighted by Gasteiger charge is -2.51. The highest BCUT2D eigenvalue weighted by Gasteiger charge is 2.49. The predicted molar refractivity (Wildman–Crippen MR) is 74.1 cm³/mol. The zero-order valence-corrected chi connectivity index (χ0v) is 12.1. The number of carbonyl (C=O) groups excluding carboxylic acids is 1. The first-order chi connectivity index (χ1) is 8.86. The minimum absolute atomic E-state index is 0.0679. The second-order valence-electron chi connectivity index (χ2n) is 5.47. The number of carbonyl (C=O) groups is 1. The van der Waals surface area contributed by atoms with Crippen molar-refractivity contribution in [2.45, 2.75) is 37.3 Å². The van der Waals surface area contributed by atoms with Crippen molar-refractivity contribution >= 4 is 18.5 Å². The highest BCUT2D eigenvalue weighted by atomic mass is 32.1. The molecule has 5 heteroatoms.